The van der Waals surface area contributed by atoms with E-state index in [0.29, 0.717) is 0 Å². The van der Waals surface area contributed by atoms with E-state index in [2.05, 4.69) is 57.3 Å². The molecule has 0 aliphatic heterocycles. The van der Waals surface area contributed by atoms with E-state index < -0.39 is 0 Å². The van der Waals surface area contributed by atoms with Crippen LogP contribution in [-0.4, -0.2) is 13.1 Å². The van der Waals surface area contributed by atoms with Gasteiger partial charge in [0.2, 0.25) is 0 Å². The van der Waals surface area contributed by atoms with Gasteiger partial charge >= 0.3 is 0 Å². The molecule has 0 heterocycles. The normalized spacial score (nSPS) is 13.0. The Balaban J connectivity index is 2.58. The maximum atomic E-state index is 3.49. The molecule has 96 valence electrons. The molecule has 0 spiro atoms. The van der Waals surface area contributed by atoms with Gasteiger partial charge in [-0.15, -0.1) is 0 Å². The molecule has 1 N–H and O–H groups in total. The summed E-state index contributed by atoms with van der Waals surface area (Å²) < 4.78 is 0. The van der Waals surface area contributed by atoms with E-state index in [1.165, 1.54) is 24.0 Å². The van der Waals surface area contributed by atoms with Gasteiger partial charge in [0.15, 0.2) is 0 Å². The Morgan fingerprint density at radius 3 is 2.59 bits per heavy atom. The van der Waals surface area contributed by atoms with Gasteiger partial charge in [0, 0.05) is 0 Å². The van der Waals surface area contributed by atoms with Crippen LogP contribution < -0.4 is 5.32 Å². The lowest BCUT2D eigenvalue weighted by Gasteiger charge is -2.19. The lowest BCUT2D eigenvalue weighted by Crippen LogP contribution is -2.25. The molecule has 0 amide bonds. The molecule has 0 aliphatic carbocycles. The van der Waals surface area contributed by atoms with Crippen LogP contribution in [0.25, 0.3) is 0 Å². The van der Waals surface area contributed by atoms with E-state index in [1.807, 2.05) is 0 Å². The number of rotatable bonds is 7. The maximum Gasteiger partial charge on any atom is -0.00174 e. The van der Waals surface area contributed by atoms with Crippen LogP contribution in [0.4, 0.5) is 0 Å². The second kappa shape index (κ2) is 7.50. The van der Waals surface area contributed by atoms with Gasteiger partial charge in [-0.1, -0.05) is 50.6 Å². The first-order valence-corrected chi connectivity index (χ1v) is 6.88. The van der Waals surface area contributed by atoms with E-state index >= 15 is 0 Å². The number of benzene rings is 1. The molecule has 1 rings (SSSR count). The Morgan fingerprint density at radius 2 is 2.00 bits per heavy atom. The number of nitrogens with one attached hydrogen (secondary N) is 1. The zero-order valence-electron chi connectivity index (χ0n) is 11.8. The van der Waals surface area contributed by atoms with Crippen LogP contribution in [0.5, 0.6) is 0 Å². The first-order valence-electron chi connectivity index (χ1n) is 6.88. The molecule has 0 bridgehead atoms. The summed E-state index contributed by atoms with van der Waals surface area (Å²) in [6, 6.07) is 8.92. The summed E-state index contributed by atoms with van der Waals surface area (Å²) in [5.74, 6) is 1.54. The molecule has 1 aromatic carbocycles. The highest BCUT2D eigenvalue weighted by Gasteiger charge is 2.11. The van der Waals surface area contributed by atoms with Crippen LogP contribution in [0.3, 0.4) is 0 Å². The van der Waals surface area contributed by atoms with Gasteiger partial charge in [-0.3, -0.25) is 0 Å². The molecular formula is C16H27N. The third-order valence-corrected chi connectivity index (χ3v) is 3.09. The summed E-state index contributed by atoms with van der Waals surface area (Å²) >= 11 is 0. The van der Waals surface area contributed by atoms with Crippen molar-refractivity contribution in [2.75, 3.05) is 13.1 Å². The molecule has 1 aromatic rings. The SMILES string of the molecule is CCNCC(Cc1cccc(C)c1)CC(C)C. The van der Waals surface area contributed by atoms with E-state index in [1.54, 1.807) is 0 Å². The predicted molar refractivity (Wildman–Crippen MR) is 76.4 cm³/mol. The molecule has 0 radical (unpaired) electrons. The van der Waals surface area contributed by atoms with Crippen molar-refractivity contribution in [3.05, 3.63) is 35.4 Å². The Hall–Kier alpha value is -0.820. The monoisotopic (exact) mass is 233 g/mol. The lowest BCUT2D eigenvalue weighted by atomic mass is 9.90. The second-order valence-electron chi connectivity index (χ2n) is 5.50. The summed E-state index contributed by atoms with van der Waals surface area (Å²) in [4.78, 5) is 0. The minimum atomic E-state index is 0.761. The van der Waals surface area contributed by atoms with Crippen molar-refractivity contribution < 1.29 is 0 Å². The summed E-state index contributed by atoms with van der Waals surface area (Å²) in [5, 5.41) is 3.49. The van der Waals surface area contributed by atoms with Gasteiger partial charge < -0.3 is 5.32 Å². The molecule has 1 nitrogen and oxygen atoms in total. The predicted octanol–water partition coefficient (Wildman–Crippen LogP) is 3.81. The van der Waals surface area contributed by atoms with Crippen molar-refractivity contribution in [3.8, 4) is 0 Å². The van der Waals surface area contributed by atoms with Crippen molar-refractivity contribution in [2.24, 2.45) is 11.8 Å². The second-order valence-corrected chi connectivity index (χ2v) is 5.50. The van der Waals surface area contributed by atoms with Gasteiger partial charge in [0.25, 0.3) is 0 Å². The standard InChI is InChI=1S/C16H27N/c1-5-17-12-16(9-13(2)3)11-15-8-6-7-14(4)10-15/h6-8,10,13,16-17H,5,9,11-12H2,1-4H3. The molecular weight excluding hydrogens is 206 g/mol. The highest BCUT2D eigenvalue weighted by Crippen LogP contribution is 2.17. The van der Waals surface area contributed by atoms with Crippen molar-refractivity contribution in [2.45, 2.75) is 40.5 Å². The van der Waals surface area contributed by atoms with Crippen LogP contribution in [0.2, 0.25) is 0 Å². The average molecular weight is 233 g/mol. The molecule has 1 unspecified atom stereocenters. The van der Waals surface area contributed by atoms with Crippen LogP contribution in [0, 0.1) is 18.8 Å². The number of aryl methyl sites for hydroxylation is 1. The number of hydrogen-bond donors (Lipinski definition) is 1. The van der Waals surface area contributed by atoms with Gasteiger partial charge in [-0.2, -0.15) is 0 Å². The first kappa shape index (κ1) is 14.2. The van der Waals surface area contributed by atoms with E-state index in [0.717, 1.165) is 24.9 Å². The van der Waals surface area contributed by atoms with Gasteiger partial charge in [-0.05, 0) is 50.3 Å². The minimum Gasteiger partial charge on any atom is -0.317 e. The smallest absolute Gasteiger partial charge is 0.00174 e. The molecule has 0 aliphatic rings. The fraction of sp³-hybridized carbons (Fsp3) is 0.625. The van der Waals surface area contributed by atoms with Gasteiger partial charge in [-0.25, -0.2) is 0 Å². The van der Waals surface area contributed by atoms with Crippen LogP contribution in [0.15, 0.2) is 24.3 Å². The Kier molecular flexibility index (Phi) is 6.28. The zero-order chi connectivity index (χ0) is 12.7. The summed E-state index contributed by atoms with van der Waals surface area (Å²) in [5.41, 5.74) is 2.85. The van der Waals surface area contributed by atoms with E-state index in [4.69, 9.17) is 0 Å². The van der Waals surface area contributed by atoms with Crippen molar-refractivity contribution in [3.63, 3.8) is 0 Å². The first-order chi connectivity index (χ1) is 8.11. The quantitative estimate of drug-likeness (QED) is 0.755. The fourth-order valence-electron chi connectivity index (χ4n) is 2.43. The lowest BCUT2D eigenvalue weighted by molar-refractivity contribution is 0.388. The summed E-state index contributed by atoms with van der Waals surface area (Å²) in [6.07, 6.45) is 2.51. The van der Waals surface area contributed by atoms with E-state index in [9.17, 15) is 0 Å². The average Bonchev–Trinajstić information content (AvgIpc) is 2.25. The van der Waals surface area contributed by atoms with Crippen molar-refractivity contribution in [1.29, 1.82) is 0 Å². The maximum absolute atomic E-state index is 3.49. The Labute approximate surface area is 107 Å². The third-order valence-electron chi connectivity index (χ3n) is 3.09. The van der Waals surface area contributed by atoms with Gasteiger partial charge in [0.1, 0.15) is 0 Å². The third kappa shape index (κ3) is 5.88. The van der Waals surface area contributed by atoms with Crippen LogP contribution >= 0.6 is 0 Å². The molecule has 1 atom stereocenters. The van der Waals surface area contributed by atoms with Crippen LogP contribution in [0.1, 0.15) is 38.3 Å². The van der Waals surface area contributed by atoms with Crippen LogP contribution in [-0.2, 0) is 6.42 Å². The fourth-order valence-corrected chi connectivity index (χ4v) is 2.43. The summed E-state index contributed by atoms with van der Waals surface area (Å²) in [6.45, 7) is 11.2. The molecule has 0 saturated heterocycles. The largest absolute Gasteiger partial charge is 0.317 e. The Bertz CT molecular complexity index is 317. The molecule has 1 heteroatoms. The van der Waals surface area contributed by atoms with Crippen molar-refractivity contribution in [1.82, 2.24) is 5.32 Å². The highest BCUT2D eigenvalue weighted by molar-refractivity contribution is 5.22. The topological polar surface area (TPSA) is 12.0 Å². The summed E-state index contributed by atoms with van der Waals surface area (Å²) in [7, 11) is 0. The van der Waals surface area contributed by atoms with Crippen molar-refractivity contribution >= 4 is 0 Å². The molecule has 0 fully saturated rings. The van der Waals surface area contributed by atoms with E-state index in [-0.39, 0.29) is 0 Å². The highest BCUT2D eigenvalue weighted by atomic mass is 14.8. The molecule has 0 saturated carbocycles. The Morgan fingerprint density at radius 1 is 1.24 bits per heavy atom. The minimum absolute atomic E-state index is 0.761. The van der Waals surface area contributed by atoms with Gasteiger partial charge in [0.05, 0.1) is 0 Å². The zero-order valence-corrected chi connectivity index (χ0v) is 11.8. The number of hydrogen-bond acceptors (Lipinski definition) is 1. The molecule has 17 heavy (non-hydrogen) atoms. The molecule has 0 aromatic heterocycles.